The number of carbonyl (C=O) groups is 1. The Morgan fingerprint density at radius 2 is 1.96 bits per heavy atom. The highest BCUT2D eigenvalue weighted by atomic mass is 19.1. The van der Waals surface area contributed by atoms with E-state index < -0.39 is 5.41 Å². The minimum Gasteiger partial charge on any atom is -0.310 e. The first-order valence-corrected chi connectivity index (χ1v) is 8.20. The van der Waals surface area contributed by atoms with E-state index in [1.807, 2.05) is 13.8 Å². The van der Waals surface area contributed by atoms with Gasteiger partial charge in [0.2, 0.25) is 17.6 Å². The second-order valence-corrected chi connectivity index (χ2v) is 6.77. The molecule has 132 valence electrons. The van der Waals surface area contributed by atoms with Crippen molar-refractivity contribution >= 4 is 11.7 Å². The van der Waals surface area contributed by atoms with E-state index in [0.717, 1.165) is 5.56 Å². The Morgan fingerprint density at radius 1 is 1.19 bits per heavy atom. The van der Waals surface area contributed by atoms with Gasteiger partial charge in [-0.05, 0) is 26.8 Å². The maximum atomic E-state index is 13.9. The van der Waals surface area contributed by atoms with Crippen molar-refractivity contribution in [1.29, 1.82) is 0 Å². The lowest BCUT2D eigenvalue weighted by Crippen LogP contribution is -2.26. The van der Waals surface area contributed by atoms with E-state index >= 15 is 0 Å². The Bertz CT molecular complexity index is 1030. The smallest absolute Gasteiger partial charge is 0.235 e. The van der Waals surface area contributed by atoms with Gasteiger partial charge in [0.05, 0.1) is 12.0 Å². The molecule has 0 fully saturated rings. The lowest BCUT2D eigenvalue weighted by Gasteiger charge is -2.13. The molecule has 0 bridgehead atoms. The molecule has 0 aliphatic carbocycles. The van der Waals surface area contributed by atoms with Gasteiger partial charge in [-0.15, -0.1) is 5.10 Å². The van der Waals surface area contributed by atoms with Gasteiger partial charge in [0.25, 0.3) is 0 Å². The van der Waals surface area contributed by atoms with Crippen LogP contribution in [0.3, 0.4) is 0 Å². The number of hydrogen-bond acceptors (Lipinski definition) is 5. The van der Waals surface area contributed by atoms with Crippen LogP contribution >= 0.6 is 0 Å². The van der Waals surface area contributed by atoms with Crippen LogP contribution in [0.4, 0.5) is 10.2 Å². The van der Waals surface area contributed by atoms with Crippen molar-refractivity contribution in [3.63, 3.8) is 0 Å². The predicted molar refractivity (Wildman–Crippen MR) is 92.9 cm³/mol. The fourth-order valence-corrected chi connectivity index (χ4v) is 2.88. The van der Waals surface area contributed by atoms with Gasteiger partial charge >= 0.3 is 0 Å². The first kappa shape index (κ1) is 16.3. The number of aryl methyl sites for hydroxylation is 1. The molecule has 1 aromatic carbocycles. The topological polar surface area (TPSA) is 85.6 Å². The van der Waals surface area contributed by atoms with Gasteiger partial charge in [-0.25, -0.2) is 24.0 Å². The molecule has 1 aliphatic heterocycles. The fourth-order valence-electron chi connectivity index (χ4n) is 2.88. The number of fused-ring (bicyclic) bond motifs is 1. The van der Waals surface area contributed by atoms with Gasteiger partial charge in [-0.1, -0.05) is 18.2 Å². The lowest BCUT2D eigenvalue weighted by atomic mass is 9.88. The normalized spacial score (nSPS) is 15.0. The second kappa shape index (κ2) is 5.69. The van der Waals surface area contributed by atoms with Gasteiger partial charge < -0.3 is 5.32 Å². The molecule has 0 spiro atoms. The van der Waals surface area contributed by atoms with Crippen LogP contribution in [0, 0.1) is 12.7 Å². The zero-order chi connectivity index (χ0) is 18.5. The van der Waals surface area contributed by atoms with Crippen LogP contribution in [0.15, 0.2) is 30.5 Å². The van der Waals surface area contributed by atoms with Crippen LogP contribution in [0.5, 0.6) is 0 Å². The maximum absolute atomic E-state index is 13.9. The number of hydrogen-bond donors (Lipinski definition) is 1. The number of nitrogens with zero attached hydrogens (tertiary/aromatic N) is 5. The summed E-state index contributed by atoms with van der Waals surface area (Å²) in [4.78, 5) is 25.1. The third-order valence-corrected chi connectivity index (χ3v) is 4.60. The molecule has 8 heteroatoms. The van der Waals surface area contributed by atoms with Crippen molar-refractivity contribution in [3.05, 3.63) is 53.2 Å². The molecule has 3 heterocycles. The van der Waals surface area contributed by atoms with E-state index in [1.54, 1.807) is 36.0 Å². The standard InChI is InChI=1S/C18H17FN6O/c1-10-21-16(24-25(10)9-11-6-4-5-7-13(11)19)15-20-8-12-14(22-15)23-17(26)18(12,2)3/h4-8H,9H2,1-3H3,(H,20,22,23,26). The van der Waals surface area contributed by atoms with Crippen molar-refractivity contribution in [2.45, 2.75) is 32.7 Å². The highest BCUT2D eigenvalue weighted by Gasteiger charge is 2.40. The van der Waals surface area contributed by atoms with Crippen LogP contribution in [0.2, 0.25) is 0 Å². The Kier molecular flexibility index (Phi) is 3.57. The first-order chi connectivity index (χ1) is 12.4. The molecule has 4 rings (SSSR count). The zero-order valence-electron chi connectivity index (χ0n) is 14.6. The number of carbonyl (C=O) groups excluding carboxylic acids is 1. The van der Waals surface area contributed by atoms with E-state index in [1.165, 1.54) is 6.07 Å². The number of amides is 1. The Hall–Kier alpha value is -3.16. The van der Waals surface area contributed by atoms with Crippen molar-refractivity contribution in [2.24, 2.45) is 0 Å². The minimum atomic E-state index is -0.665. The third kappa shape index (κ3) is 2.54. The Labute approximate surface area is 149 Å². The predicted octanol–water partition coefficient (Wildman–Crippen LogP) is 2.46. The molecule has 0 saturated heterocycles. The van der Waals surface area contributed by atoms with Crippen molar-refractivity contribution in [2.75, 3.05) is 5.32 Å². The minimum absolute atomic E-state index is 0.117. The van der Waals surface area contributed by atoms with Crippen LogP contribution < -0.4 is 5.32 Å². The number of nitrogens with one attached hydrogen (secondary N) is 1. The SMILES string of the molecule is Cc1nc(-c2ncc3c(n2)NC(=O)C3(C)C)nn1Cc1ccccc1F. The summed E-state index contributed by atoms with van der Waals surface area (Å²) in [6.45, 7) is 5.70. The molecular formula is C18H17FN6O. The summed E-state index contributed by atoms with van der Waals surface area (Å²) in [5.41, 5.74) is 0.603. The van der Waals surface area contributed by atoms with Crippen molar-refractivity contribution in [3.8, 4) is 11.6 Å². The molecule has 0 saturated carbocycles. The van der Waals surface area contributed by atoms with E-state index in [0.29, 0.717) is 28.9 Å². The first-order valence-electron chi connectivity index (χ1n) is 8.20. The molecule has 0 atom stereocenters. The van der Waals surface area contributed by atoms with E-state index in [-0.39, 0.29) is 18.3 Å². The average molecular weight is 352 g/mol. The Balaban J connectivity index is 1.67. The number of rotatable bonds is 3. The molecule has 7 nitrogen and oxygen atoms in total. The monoisotopic (exact) mass is 352 g/mol. The molecule has 1 aliphatic rings. The fraction of sp³-hybridized carbons (Fsp3) is 0.278. The summed E-state index contributed by atoms with van der Waals surface area (Å²) < 4.78 is 15.5. The molecule has 0 radical (unpaired) electrons. The van der Waals surface area contributed by atoms with Gasteiger partial charge in [-0.2, -0.15) is 0 Å². The van der Waals surface area contributed by atoms with Gasteiger partial charge in [0.15, 0.2) is 0 Å². The summed E-state index contributed by atoms with van der Waals surface area (Å²) in [6, 6.07) is 6.54. The number of halogens is 1. The largest absolute Gasteiger partial charge is 0.310 e. The highest BCUT2D eigenvalue weighted by Crippen LogP contribution is 2.35. The molecule has 2 aromatic heterocycles. The summed E-state index contributed by atoms with van der Waals surface area (Å²) in [6.07, 6.45) is 1.63. The number of benzene rings is 1. The quantitative estimate of drug-likeness (QED) is 0.783. The molecule has 1 amide bonds. The van der Waals surface area contributed by atoms with E-state index in [2.05, 4.69) is 25.4 Å². The summed E-state index contributed by atoms with van der Waals surface area (Å²) in [5.74, 6) is 1.35. The third-order valence-electron chi connectivity index (χ3n) is 4.60. The zero-order valence-corrected chi connectivity index (χ0v) is 14.6. The molecule has 0 unspecified atom stereocenters. The molecule has 3 aromatic rings. The van der Waals surface area contributed by atoms with Gasteiger partial charge in [0.1, 0.15) is 17.5 Å². The maximum Gasteiger partial charge on any atom is 0.235 e. The lowest BCUT2D eigenvalue weighted by molar-refractivity contribution is -0.119. The van der Waals surface area contributed by atoms with Crippen LogP contribution in [0.1, 0.15) is 30.8 Å². The summed E-state index contributed by atoms with van der Waals surface area (Å²) in [5, 5.41) is 7.16. The Morgan fingerprint density at radius 3 is 2.73 bits per heavy atom. The number of aromatic nitrogens is 5. The van der Waals surface area contributed by atoms with Crippen molar-refractivity contribution < 1.29 is 9.18 Å². The summed E-state index contributed by atoms with van der Waals surface area (Å²) >= 11 is 0. The van der Waals surface area contributed by atoms with Crippen molar-refractivity contribution in [1.82, 2.24) is 24.7 Å². The molecule has 26 heavy (non-hydrogen) atoms. The van der Waals surface area contributed by atoms with Crippen LogP contribution in [0.25, 0.3) is 11.6 Å². The van der Waals surface area contributed by atoms with Gasteiger partial charge in [-0.3, -0.25) is 4.79 Å². The van der Waals surface area contributed by atoms with Crippen LogP contribution in [-0.4, -0.2) is 30.6 Å². The highest BCUT2D eigenvalue weighted by molar-refractivity contribution is 6.04. The summed E-state index contributed by atoms with van der Waals surface area (Å²) in [7, 11) is 0. The second-order valence-electron chi connectivity index (χ2n) is 6.77. The van der Waals surface area contributed by atoms with E-state index in [9.17, 15) is 9.18 Å². The van der Waals surface area contributed by atoms with E-state index in [4.69, 9.17) is 0 Å². The molecule has 1 N–H and O–H groups in total. The number of anilines is 1. The average Bonchev–Trinajstić information content (AvgIpc) is 3.07. The van der Waals surface area contributed by atoms with Gasteiger partial charge in [0, 0.05) is 17.3 Å². The van der Waals surface area contributed by atoms with Crippen LogP contribution in [-0.2, 0) is 16.8 Å². The molecular weight excluding hydrogens is 335 g/mol.